The van der Waals surface area contributed by atoms with E-state index in [1.165, 1.54) is 19.3 Å². The van der Waals surface area contributed by atoms with Gasteiger partial charge in [0.25, 0.3) is 5.91 Å². The Morgan fingerprint density at radius 1 is 1.38 bits per heavy atom. The number of nitrogens with zero attached hydrogens (tertiary/aromatic N) is 1. The molecule has 1 N–H and O–H groups in total. The van der Waals surface area contributed by atoms with Gasteiger partial charge in [-0.1, -0.05) is 51.1 Å². The molecule has 1 amide bonds. The van der Waals surface area contributed by atoms with Crippen LogP contribution < -0.4 is 5.32 Å². The lowest BCUT2D eigenvalue weighted by Gasteiger charge is -2.29. The van der Waals surface area contributed by atoms with Gasteiger partial charge >= 0.3 is 0 Å². The first kappa shape index (κ1) is 16.3. The van der Waals surface area contributed by atoms with Crippen LogP contribution in [-0.2, 0) is 6.42 Å². The maximum atomic E-state index is 12.4. The molecular formula is C17H25ClN2O. The summed E-state index contributed by atoms with van der Waals surface area (Å²) >= 11 is 6.03. The monoisotopic (exact) mass is 308 g/mol. The van der Waals surface area contributed by atoms with E-state index in [1.807, 2.05) is 6.07 Å². The topological polar surface area (TPSA) is 42.0 Å². The quantitative estimate of drug-likeness (QED) is 0.820. The Morgan fingerprint density at radius 2 is 2.19 bits per heavy atom. The van der Waals surface area contributed by atoms with Gasteiger partial charge in [0.05, 0.1) is 0 Å². The fourth-order valence-corrected chi connectivity index (χ4v) is 3.35. The summed E-state index contributed by atoms with van der Waals surface area (Å²) in [5.74, 6) is 0.735. The molecule has 2 unspecified atom stereocenters. The maximum absolute atomic E-state index is 12.4. The van der Waals surface area contributed by atoms with Crippen molar-refractivity contribution in [2.75, 3.05) is 0 Å². The van der Waals surface area contributed by atoms with Crippen LogP contribution in [0.5, 0.6) is 0 Å². The Labute approximate surface area is 132 Å². The number of aryl methyl sites for hydroxylation is 1. The first-order chi connectivity index (χ1) is 10.1. The SMILES string of the molecule is CCCc1cc(C(=O)NC2CCCC(CC)C2)cc(Cl)n1. The molecule has 4 heteroatoms. The smallest absolute Gasteiger partial charge is 0.251 e. The highest BCUT2D eigenvalue weighted by Crippen LogP contribution is 2.26. The minimum Gasteiger partial charge on any atom is -0.349 e. The van der Waals surface area contributed by atoms with Gasteiger partial charge in [0.2, 0.25) is 0 Å². The van der Waals surface area contributed by atoms with E-state index in [2.05, 4.69) is 24.1 Å². The maximum Gasteiger partial charge on any atom is 0.251 e. The summed E-state index contributed by atoms with van der Waals surface area (Å²) in [4.78, 5) is 16.7. The molecule has 116 valence electrons. The van der Waals surface area contributed by atoms with E-state index >= 15 is 0 Å². The van der Waals surface area contributed by atoms with E-state index in [0.717, 1.165) is 37.3 Å². The van der Waals surface area contributed by atoms with E-state index in [9.17, 15) is 4.79 Å². The average Bonchev–Trinajstić information content (AvgIpc) is 2.47. The number of hydrogen-bond acceptors (Lipinski definition) is 2. The molecule has 0 aromatic carbocycles. The van der Waals surface area contributed by atoms with Crippen molar-refractivity contribution in [3.05, 3.63) is 28.5 Å². The lowest BCUT2D eigenvalue weighted by Crippen LogP contribution is -2.38. The largest absolute Gasteiger partial charge is 0.349 e. The van der Waals surface area contributed by atoms with Crippen LogP contribution in [-0.4, -0.2) is 16.9 Å². The minimum atomic E-state index is -0.0154. The fraction of sp³-hybridized carbons (Fsp3) is 0.647. The summed E-state index contributed by atoms with van der Waals surface area (Å²) in [7, 11) is 0. The Balaban J connectivity index is 2.02. The van der Waals surface area contributed by atoms with Gasteiger partial charge in [0, 0.05) is 17.3 Å². The molecule has 1 aromatic rings. The molecule has 0 bridgehead atoms. The Hall–Kier alpha value is -1.09. The average molecular weight is 309 g/mol. The van der Waals surface area contributed by atoms with Crippen molar-refractivity contribution in [3.8, 4) is 0 Å². The molecule has 1 aliphatic carbocycles. The third-order valence-corrected chi connectivity index (χ3v) is 4.50. The summed E-state index contributed by atoms with van der Waals surface area (Å²) in [6, 6.07) is 3.83. The fourth-order valence-electron chi connectivity index (χ4n) is 3.13. The van der Waals surface area contributed by atoms with Gasteiger partial charge < -0.3 is 5.32 Å². The van der Waals surface area contributed by atoms with Gasteiger partial charge in [0.1, 0.15) is 5.15 Å². The van der Waals surface area contributed by atoms with Crippen molar-refractivity contribution in [3.63, 3.8) is 0 Å². The highest BCUT2D eigenvalue weighted by Gasteiger charge is 2.22. The van der Waals surface area contributed by atoms with Crippen LogP contribution in [0, 0.1) is 5.92 Å². The number of amides is 1. The summed E-state index contributed by atoms with van der Waals surface area (Å²) in [5, 5.41) is 3.57. The number of aromatic nitrogens is 1. The van der Waals surface area contributed by atoms with Crippen molar-refractivity contribution in [1.29, 1.82) is 0 Å². The zero-order valence-electron chi connectivity index (χ0n) is 13.0. The summed E-state index contributed by atoms with van der Waals surface area (Å²) in [6.07, 6.45) is 7.74. The normalized spacial score (nSPS) is 22.0. The molecular weight excluding hydrogens is 284 g/mol. The van der Waals surface area contributed by atoms with Crippen molar-refractivity contribution in [1.82, 2.24) is 10.3 Å². The van der Waals surface area contributed by atoms with Crippen LogP contribution in [0.1, 0.15) is 68.4 Å². The van der Waals surface area contributed by atoms with Crippen LogP contribution in [0.2, 0.25) is 5.15 Å². The Bertz CT molecular complexity index is 490. The number of carbonyl (C=O) groups is 1. The number of halogens is 1. The summed E-state index contributed by atoms with van der Waals surface area (Å²) in [6.45, 7) is 4.32. The van der Waals surface area contributed by atoms with Crippen LogP contribution in [0.4, 0.5) is 0 Å². The van der Waals surface area contributed by atoms with Crippen LogP contribution in [0.3, 0.4) is 0 Å². The molecule has 1 heterocycles. The number of rotatable bonds is 5. The van der Waals surface area contributed by atoms with Crippen LogP contribution in [0.25, 0.3) is 0 Å². The minimum absolute atomic E-state index is 0.0154. The molecule has 1 aliphatic rings. The number of pyridine rings is 1. The van der Waals surface area contributed by atoms with Gasteiger partial charge in [-0.05, 0) is 37.3 Å². The lowest BCUT2D eigenvalue weighted by molar-refractivity contribution is 0.0919. The van der Waals surface area contributed by atoms with Gasteiger partial charge in [0.15, 0.2) is 0 Å². The highest BCUT2D eigenvalue weighted by molar-refractivity contribution is 6.29. The summed E-state index contributed by atoms with van der Waals surface area (Å²) < 4.78 is 0. The zero-order chi connectivity index (χ0) is 15.2. The van der Waals surface area contributed by atoms with Crippen molar-refractivity contribution in [2.24, 2.45) is 5.92 Å². The van der Waals surface area contributed by atoms with Crippen molar-refractivity contribution >= 4 is 17.5 Å². The number of hydrogen-bond donors (Lipinski definition) is 1. The first-order valence-electron chi connectivity index (χ1n) is 8.09. The second kappa shape index (κ2) is 7.79. The third-order valence-electron chi connectivity index (χ3n) is 4.31. The third kappa shape index (κ3) is 4.70. The van der Waals surface area contributed by atoms with Crippen molar-refractivity contribution < 1.29 is 4.79 Å². The molecule has 3 nitrogen and oxygen atoms in total. The second-order valence-electron chi connectivity index (χ2n) is 6.03. The molecule has 0 spiro atoms. The molecule has 21 heavy (non-hydrogen) atoms. The predicted octanol–water partition coefficient (Wildman–Crippen LogP) is 4.39. The highest BCUT2D eigenvalue weighted by atomic mass is 35.5. The van der Waals surface area contributed by atoms with Crippen molar-refractivity contribution in [2.45, 2.75) is 64.8 Å². The van der Waals surface area contributed by atoms with Crippen LogP contribution >= 0.6 is 11.6 Å². The number of carbonyl (C=O) groups excluding carboxylic acids is 1. The molecule has 0 saturated heterocycles. The van der Waals surface area contributed by atoms with Crippen LogP contribution in [0.15, 0.2) is 12.1 Å². The van der Waals surface area contributed by atoms with E-state index in [0.29, 0.717) is 16.8 Å². The lowest BCUT2D eigenvalue weighted by atomic mass is 9.84. The molecule has 0 aliphatic heterocycles. The Morgan fingerprint density at radius 3 is 2.90 bits per heavy atom. The van der Waals surface area contributed by atoms with Gasteiger partial charge in [-0.2, -0.15) is 0 Å². The second-order valence-corrected chi connectivity index (χ2v) is 6.42. The van der Waals surface area contributed by atoms with E-state index in [4.69, 9.17) is 11.6 Å². The molecule has 1 fully saturated rings. The molecule has 1 saturated carbocycles. The van der Waals surface area contributed by atoms with E-state index in [-0.39, 0.29) is 5.91 Å². The predicted molar refractivity (Wildman–Crippen MR) is 86.7 cm³/mol. The van der Waals surface area contributed by atoms with Gasteiger partial charge in [-0.25, -0.2) is 4.98 Å². The molecule has 2 rings (SSSR count). The molecule has 0 radical (unpaired) electrons. The van der Waals surface area contributed by atoms with Gasteiger partial charge in [-0.15, -0.1) is 0 Å². The first-order valence-corrected chi connectivity index (χ1v) is 8.47. The summed E-state index contributed by atoms with van der Waals surface area (Å²) in [5.41, 5.74) is 1.53. The van der Waals surface area contributed by atoms with Gasteiger partial charge in [-0.3, -0.25) is 4.79 Å². The molecule has 1 aromatic heterocycles. The Kier molecular flexibility index (Phi) is 6.04. The van der Waals surface area contributed by atoms with E-state index < -0.39 is 0 Å². The number of nitrogens with one attached hydrogen (secondary N) is 1. The molecule has 2 atom stereocenters. The van der Waals surface area contributed by atoms with E-state index in [1.54, 1.807) is 6.07 Å². The standard InChI is InChI=1S/C17H25ClN2O/c1-3-6-14-10-13(11-16(18)19-14)17(21)20-15-8-5-7-12(4-2)9-15/h10-12,15H,3-9H2,1-2H3,(H,20,21). The zero-order valence-corrected chi connectivity index (χ0v) is 13.7.